The van der Waals surface area contributed by atoms with Gasteiger partial charge in [-0.15, -0.1) is 0 Å². The Kier molecular flexibility index (Phi) is 3.44. The first-order valence-corrected chi connectivity index (χ1v) is 5.75. The lowest BCUT2D eigenvalue weighted by Crippen LogP contribution is -2.38. The summed E-state index contributed by atoms with van der Waals surface area (Å²) in [5, 5.41) is 9.27. The van der Waals surface area contributed by atoms with Gasteiger partial charge in [0.25, 0.3) is 0 Å². The Labute approximate surface area is 94.6 Å². The van der Waals surface area contributed by atoms with Crippen LogP contribution in [0.2, 0.25) is 0 Å². The van der Waals surface area contributed by atoms with E-state index in [0.29, 0.717) is 11.9 Å². The molecule has 1 fully saturated rings. The number of carbonyl (C=O) groups excluding carboxylic acids is 1. The highest BCUT2D eigenvalue weighted by atomic mass is 16.5. The van der Waals surface area contributed by atoms with Crippen LogP contribution in [0.1, 0.15) is 37.8 Å². The quantitative estimate of drug-likeness (QED) is 0.809. The molecule has 1 heterocycles. The molecule has 5 heteroatoms. The summed E-state index contributed by atoms with van der Waals surface area (Å²) in [6.45, 7) is 1.81. The number of amides is 2. The fraction of sp³-hybridized carbons (Fsp3) is 0.636. The molecule has 2 N–H and O–H groups in total. The summed E-state index contributed by atoms with van der Waals surface area (Å²) in [5.74, 6) is 0.394. The fourth-order valence-corrected chi connectivity index (χ4v) is 2.00. The van der Waals surface area contributed by atoms with Crippen molar-refractivity contribution in [1.82, 2.24) is 10.5 Å². The number of aryl methyl sites for hydroxylation is 1. The molecule has 2 rings (SSSR count). The molecule has 16 heavy (non-hydrogen) atoms. The van der Waals surface area contributed by atoms with Crippen LogP contribution in [-0.4, -0.2) is 17.2 Å². The van der Waals surface area contributed by atoms with Crippen LogP contribution in [0.15, 0.2) is 10.6 Å². The number of urea groups is 1. The van der Waals surface area contributed by atoms with Crippen molar-refractivity contribution in [3.8, 4) is 0 Å². The molecule has 0 saturated heterocycles. The van der Waals surface area contributed by atoms with Crippen molar-refractivity contribution >= 4 is 11.9 Å². The monoisotopic (exact) mass is 223 g/mol. The Balaban J connectivity index is 1.79. The molecule has 0 unspecified atom stereocenters. The molecule has 0 aliphatic heterocycles. The van der Waals surface area contributed by atoms with Gasteiger partial charge in [0, 0.05) is 12.1 Å². The van der Waals surface area contributed by atoms with Crippen molar-refractivity contribution in [3.05, 3.63) is 11.8 Å². The SMILES string of the molecule is Cc1cc(NC(=O)NC2CCCCC2)on1. The van der Waals surface area contributed by atoms with Gasteiger partial charge < -0.3 is 9.84 Å². The van der Waals surface area contributed by atoms with Crippen molar-refractivity contribution in [3.63, 3.8) is 0 Å². The van der Waals surface area contributed by atoms with Gasteiger partial charge in [-0.2, -0.15) is 0 Å². The second-order valence-corrected chi connectivity index (χ2v) is 4.27. The normalized spacial score (nSPS) is 17.1. The summed E-state index contributed by atoms with van der Waals surface area (Å²) in [6, 6.07) is 1.79. The number of nitrogens with one attached hydrogen (secondary N) is 2. The first-order chi connectivity index (χ1) is 7.74. The predicted octanol–water partition coefficient (Wildman–Crippen LogP) is 2.44. The van der Waals surface area contributed by atoms with Gasteiger partial charge in [-0.3, -0.25) is 5.32 Å². The zero-order valence-electron chi connectivity index (χ0n) is 9.45. The third-order valence-electron chi connectivity index (χ3n) is 2.81. The predicted molar refractivity (Wildman–Crippen MR) is 60.3 cm³/mol. The van der Waals surface area contributed by atoms with E-state index in [0.717, 1.165) is 18.5 Å². The molecule has 1 aromatic rings. The molecule has 0 atom stereocenters. The van der Waals surface area contributed by atoms with E-state index in [1.165, 1.54) is 19.3 Å². The zero-order valence-corrected chi connectivity index (χ0v) is 9.45. The summed E-state index contributed by atoms with van der Waals surface area (Å²) in [5.41, 5.74) is 0.757. The summed E-state index contributed by atoms with van der Waals surface area (Å²) < 4.78 is 4.90. The standard InChI is InChI=1S/C11H17N3O2/c1-8-7-10(16-14-8)13-11(15)12-9-5-3-2-4-6-9/h7,9H,2-6H2,1H3,(H2,12,13,15). The number of carbonyl (C=O) groups is 1. The van der Waals surface area contributed by atoms with Gasteiger partial charge in [-0.25, -0.2) is 4.79 Å². The summed E-state index contributed by atoms with van der Waals surface area (Å²) in [4.78, 5) is 11.6. The van der Waals surface area contributed by atoms with E-state index >= 15 is 0 Å². The van der Waals surface area contributed by atoms with E-state index in [4.69, 9.17) is 4.52 Å². The molecule has 88 valence electrons. The molecule has 0 bridgehead atoms. The summed E-state index contributed by atoms with van der Waals surface area (Å²) in [7, 11) is 0. The van der Waals surface area contributed by atoms with Gasteiger partial charge in [-0.1, -0.05) is 24.4 Å². The van der Waals surface area contributed by atoms with Crippen LogP contribution in [0.3, 0.4) is 0 Å². The minimum atomic E-state index is -0.206. The van der Waals surface area contributed by atoms with E-state index in [1.54, 1.807) is 6.07 Å². The lowest BCUT2D eigenvalue weighted by molar-refractivity contribution is 0.243. The maximum atomic E-state index is 11.6. The van der Waals surface area contributed by atoms with E-state index in [9.17, 15) is 4.79 Å². The first-order valence-electron chi connectivity index (χ1n) is 5.75. The van der Waals surface area contributed by atoms with E-state index < -0.39 is 0 Å². The number of hydrogen-bond acceptors (Lipinski definition) is 3. The average Bonchev–Trinajstić information content (AvgIpc) is 2.65. The maximum Gasteiger partial charge on any atom is 0.321 e. The van der Waals surface area contributed by atoms with Crippen molar-refractivity contribution in [1.29, 1.82) is 0 Å². The number of aromatic nitrogens is 1. The molecule has 0 spiro atoms. The Hall–Kier alpha value is -1.52. The van der Waals surface area contributed by atoms with E-state index in [1.807, 2.05) is 6.92 Å². The Bertz CT molecular complexity index is 356. The van der Waals surface area contributed by atoms with Crippen molar-refractivity contribution < 1.29 is 9.32 Å². The maximum absolute atomic E-state index is 11.6. The topological polar surface area (TPSA) is 67.2 Å². The second kappa shape index (κ2) is 5.01. The number of anilines is 1. The lowest BCUT2D eigenvalue weighted by atomic mass is 9.96. The summed E-state index contributed by atoms with van der Waals surface area (Å²) >= 11 is 0. The Morgan fingerprint density at radius 2 is 2.19 bits per heavy atom. The van der Waals surface area contributed by atoms with Crippen LogP contribution in [0.25, 0.3) is 0 Å². The minimum Gasteiger partial charge on any atom is -0.338 e. The van der Waals surface area contributed by atoms with Crippen molar-refractivity contribution in [2.45, 2.75) is 45.1 Å². The summed E-state index contributed by atoms with van der Waals surface area (Å²) in [6.07, 6.45) is 5.82. The first kappa shape index (κ1) is 11.0. The van der Waals surface area contributed by atoms with Crippen LogP contribution in [0.4, 0.5) is 10.7 Å². The molecule has 1 aliphatic rings. The molecular weight excluding hydrogens is 206 g/mol. The van der Waals surface area contributed by atoms with Gasteiger partial charge in [0.05, 0.1) is 5.69 Å². The zero-order chi connectivity index (χ0) is 11.4. The van der Waals surface area contributed by atoms with Gasteiger partial charge in [-0.05, 0) is 19.8 Å². The van der Waals surface area contributed by atoms with Gasteiger partial charge in [0.15, 0.2) is 0 Å². The van der Waals surface area contributed by atoms with Crippen LogP contribution in [0, 0.1) is 6.92 Å². The molecule has 1 aromatic heterocycles. The highest BCUT2D eigenvalue weighted by Crippen LogP contribution is 2.17. The van der Waals surface area contributed by atoms with Crippen LogP contribution >= 0.6 is 0 Å². The Morgan fingerprint density at radius 3 is 2.81 bits per heavy atom. The molecule has 2 amide bonds. The van der Waals surface area contributed by atoms with Crippen molar-refractivity contribution in [2.75, 3.05) is 5.32 Å². The smallest absolute Gasteiger partial charge is 0.321 e. The number of hydrogen-bond donors (Lipinski definition) is 2. The second-order valence-electron chi connectivity index (χ2n) is 4.27. The molecule has 5 nitrogen and oxygen atoms in total. The molecule has 1 aliphatic carbocycles. The third kappa shape index (κ3) is 2.98. The van der Waals surface area contributed by atoms with Crippen molar-refractivity contribution in [2.24, 2.45) is 0 Å². The van der Waals surface area contributed by atoms with Crippen LogP contribution in [-0.2, 0) is 0 Å². The minimum absolute atomic E-state index is 0.206. The van der Waals surface area contributed by atoms with Gasteiger partial charge in [0.1, 0.15) is 0 Å². The highest BCUT2D eigenvalue weighted by Gasteiger charge is 2.16. The average molecular weight is 223 g/mol. The molecule has 0 radical (unpaired) electrons. The van der Waals surface area contributed by atoms with Gasteiger partial charge >= 0.3 is 6.03 Å². The molecule has 0 aromatic carbocycles. The fourth-order valence-electron chi connectivity index (χ4n) is 2.00. The van der Waals surface area contributed by atoms with Crippen LogP contribution in [0.5, 0.6) is 0 Å². The Morgan fingerprint density at radius 1 is 1.44 bits per heavy atom. The third-order valence-corrected chi connectivity index (χ3v) is 2.81. The van der Waals surface area contributed by atoms with Crippen LogP contribution < -0.4 is 10.6 Å². The van der Waals surface area contributed by atoms with E-state index in [2.05, 4.69) is 15.8 Å². The molecule has 1 saturated carbocycles. The van der Waals surface area contributed by atoms with E-state index in [-0.39, 0.29) is 6.03 Å². The van der Waals surface area contributed by atoms with Gasteiger partial charge in [0.2, 0.25) is 5.88 Å². The largest absolute Gasteiger partial charge is 0.338 e. The highest BCUT2D eigenvalue weighted by molar-refractivity contribution is 5.87. The number of nitrogens with zero attached hydrogens (tertiary/aromatic N) is 1. The number of rotatable bonds is 2. The lowest BCUT2D eigenvalue weighted by Gasteiger charge is -2.22. The molecular formula is C11H17N3O2.